The molecule has 0 radical (unpaired) electrons. The van der Waals surface area contributed by atoms with Crippen LogP contribution in [0.1, 0.15) is 23.9 Å². The summed E-state index contributed by atoms with van der Waals surface area (Å²) in [5.74, 6) is 0.684. The number of hydrogen-bond donors (Lipinski definition) is 0. The fourth-order valence-electron chi connectivity index (χ4n) is 3.96. The van der Waals surface area contributed by atoms with Crippen molar-refractivity contribution in [2.75, 3.05) is 7.05 Å². The highest BCUT2D eigenvalue weighted by Crippen LogP contribution is 2.25. The van der Waals surface area contributed by atoms with Gasteiger partial charge in [0.15, 0.2) is 0 Å². The van der Waals surface area contributed by atoms with Crippen LogP contribution in [0.4, 0.5) is 0 Å². The number of carbonyl (C=O) groups is 2. The highest BCUT2D eigenvalue weighted by Gasteiger charge is 2.34. The lowest BCUT2D eigenvalue weighted by atomic mass is 9.93. The predicted octanol–water partition coefficient (Wildman–Crippen LogP) is 2.51. The summed E-state index contributed by atoms with van der Waals surface area (Å²) >= 11 is 0. The molecule has 0 spiro atoms. The molecule has 6 heteroatoms. The molecule has 2 amide bonds. The molecular formula is C22H24N4O2. The Labute approximate surface area is 164 Å². The van der Waals surface area contributed by atoms with E-state index in [0.29, 0.717) is 19.5 Å². The molecule has 1 aliphatic rings. The lowest BCUT2D eigenvalue weighted by Gasteiger charge is -2.37. The van der Waals surface area contributed by atoms with Gasteiger partial charge in [-0.05, 0) is 23.3 Å². The van der Waals surface area contributed by atoms with Crippen LogP contribution in [0.3, 0.4) is 0 Å². The van der Waals surface area contributed by atoms with E-state index in [4.69, 9.17) is 0 Å². The third kappa shape index (κ3) is 3.15. The Balaban J connectivity index is 1.58. The first-order valence-corrected chi connectivity index (χ1v) is 9.45. The maximum atomic E-state index is 13.2. The Morgan fingerprint density at radius 3 is 2.50 bits per heavy atom. The molecule has 144 valence electrons. The first-order chi connectivity index (χ1) is 13.5. The minimum absolute atomic E-state index is 0.0586. The summed E-state index contributed by atoms with van der Waals surface area (Å²) in [5, 5.41) is 0. The Bertz CT molecular complexity index is 1060. The Morgan fingerprint density at radius 2 is 1.79 bits per heavy atom. The van der Waals surface area contributed by atoms with Gasteiger partial charge in [-0.25, -0.2) is 4.98 Å². The van der Waals surface area contributed by atoms with Gasteiger partial charge in [-0.15, -0.1) is 0 Å². The number of fused-ring (bicyclic) bond motifs is 2. The molecule has 0 fully saturated rings. The van der Waals surface area contributed by atoms with Crippen LogP contribution in [0.25, 0.3) is 11.0 Å². The summed E-state index contributed by atoms with van der Waals surface area (Å²) in [4.78, 5) is 33.5. The zero-order valence-electron chi connectivity index (χ0n) is 16.4. The van der Waals surface area contributed by atoms with Crippen molar-refractivity contribution in [2.45, 2.75) is 32.5 Å². The fourth-order valence-corrected chi connectivity index (χ4v) is 3.96. The highest BCUT2D eigenvalue weighted by atomic mass is 16.2. The monoisotopic (exact) mass is 376 g/mol. The lowest BCUT2D eigenvalue weighted by molar-refractivity contribution is -0.145. The van der Waals surface area contributed by atoms with E-state index in [1.165, 1.54) is 6.92 Å². The van der Waals surface area contributed by atoms with Crippen molar-refractivity contribution in [1.29, 1.82) is 0 Å². The van der Waals surface area contributed by atoms with Gasteiger partial charge in [0.05, 0.1) is 17.6 Å². The van der Waals surface area contributed by atoms with Gasteiger partial charge in [0.25, 0.3) is 0 Å². The number of aryl methyl sites for hydroxylation is 1. The van der Waals surface area contributed by atoms with Gasteiger partial charge in [-0.1, -0.05) is 36.4 Å². The number of para-hydroxylation sites is 2. The van der Waals surface area contributed by atoms with Gasteiger partial charge in [-0.3, -0.25) is 9.59 Å². The normalized spacial score (nSPS) is 16.1. The van der Waals surface area contributed by atoms with Gasteiger partial charge in [0.2, 0.25) is 11.8 Å². The van der Waals surface area contributed by atoms with E-state index < -0.39 is 6.04 Å². The summed E-state index contributed by atoms with van der Waals surface area (Å²) in [6.07, 6.45) is 0.543. The smallest absolute Gasteiger partial charge is 0.245 e. The zero-order chi connectivity index (χ0) is 19.8. The number of hydrogen-bond acceptors (Lipinski definition) is 3. The quantitative estimate of drug-likeness (QED) is 0.706. The first-order valence-electron chi connectivity index (χ1n) is 9.45. The number of carbonyl (C=O) groups excluding carboxylic acids is 2. The van der Waals surface area contributed by atoms with Crippen LogP contribution in [0.2, 0.25) is 0 Å². The molecule has 1 unspecified atom stereocenters. The maximum Gasteiger partial charge on any atom is 0.245 e. The molecule has 28 heavy (non-hydrogen) atoms. The lowest BCUT2D eigenvalue weighted by Crippen LogP contribution is -2.52. The van der Waals surface area contributed by atoms with Crippen LogP contribution in [0.5, 0.6) is 0 Å². The second-order valence-electron chi connectivity index (χ2n) is 7.41. The fraction of sp³-hybridized carbons (Fsp3) is 0.318. The molecule has 1 aliphatic heterocycles. The summed E-state index contributed by atoms with van der Waals surface area (Å²) < 4.78 is 2.01. The highest BCUT2D eigenvalue weighted by molar-refractivity contribution is 5.87. The number of nitrogens with zero attached hydrogens (tertiary/aromatic N) is 4. The third-order valence-electron chi connectivity index (χ3n) is 5.57. The molecule has 0 saturated carbocycles. The van der Waals surface area contributed by atoms with Gasteiger partial charge in [0, 0.05) is 34.0 Å². The van der Waals surface area contributed by atoms with Crippen LogP contribution in [0.15, 0.2) is 48.5 Å². The number of rotatable bonds is 3. The van der Waals surface area contributed by atoms with E-state index in [2.05, 4.69) is 4.98 Å². The van der Waals surface area contributed by atoms with Crippen LogP contribution in [-0.2, 0) is 36.1 Å². The summed E-state index contributed by atoms with van der Waals surface area (Å²) in [6.45, 7) is 2.40. The topological polar surface area (TPSA) is 58.4 Å². The first kappa shape index (κ1) is 18.2. The minimum Gasteiger partial charge on any atom is -0.336 e. The molecule has 2 aromatic carbocycles. The maximum absolute atomic E-state index is 13.2. The van der Waals surface area contributed by atoms with Gasteiger partial charge in [0.1, 0.15) is 11.9 Å². The molecule has 1 atom stereocenters. The molecular weight excluding hydrogens is 352 g/mol. The van der Waals surface area contributed by atoms with Crippen LogP contribution >= 0.6 is 0 Å². The van der Waals surface area contributed by atoms with Crippen molar-refractivity contribution in [2.24, 2.45) is 7.05 Å². The number of benzene rings is 2. The van der Waals surface area contributed by atoms with E-state index in [-0.39, 0.29) is 11.8 Å². The molecule has 1 aromatic heterocycles. The largest absolute Gasteiger partial charge is 0.336 e. The van der Waals surface area contributed by atoms with Crippen molar-refractivity contribution in [3.63, 3.8) is 0 Å². The summed E-state index contributed by atoms with van der Waals surface area (Å²) in [6, 6.07) is 15.5. The van der Waals surface area contributed by atoms with Gasteiger partial charge >= 0.3 is 0 Å². The summed E-state index contributed by atoms with van der Waals surface area (Å²) in [7, 11) is 3.74. The SMILES string of the molecule is CC(=O)N1Cc2ccccc2CC1C(=O)N(C)Cc1nc2ccccc2n1C. The third-order valence-corrected chi connectivity index (χ3v) is 5.57. The van der Waals surface area contributed by atoms with Gasteiger partial charge < -0.3 is 14.4 Å². The molecule has 2 heterocycles. The van der Waals surface area contributed by atoms with E-state index in [1.54, 1.807) is 16.8 Å². The molecule has 0 saturated heterocycles. The summed E-state index contributed by atoms with van der Waals surface area (Å²) in [5.41, 5.74) is 4.20. The van der Waals surface area contributed by atoms with Crippen LogP contribution in [-0.4, -0.2) is 44.3 Å². The van der Waals surface area contributed by atoms with Gasteiger partial charge in [-0.2, -0.15) is 0 Å². The zero-order valence-corrected chi connectivity index (χ0v) is 16.4. The molecule has 6 nitrogen and oxygen atoms in total. The number of imidazole rings is 1. The minimum atomic E-state index is -0.480. The average Bonchev–Trinajstić information content (AvgIpc) is 3.02. The van der Waals surface area contributed by atoms with Crippen LogP contribution < -0.4 is 0 Å². The second-order valence-corrected chi connectivity index (χ2v) is 7.41. The van der Waals surface area contributed by atoms with Crippen molar-refractivity contribution in [3.8, 4) is 0 Å². The molecule has 3 aromatic rings. The van der Waals surface area contributed by atoms with Crippen molar-refractivity contribution < 1.29 is 9.59 Å². The molecule has 0 bridgehead atoms. The number of aromatic nitrogens is 2. The number of likely N-dealkylation sites (N-methyl/N-ethyl adjacent to an activating group) is 1. The number of amides is 2. The average molecular weight is 376 g/mol. The predicted molar refractivity (Wildman–Crippen MR) is 107 cm³/mol. The van der Waals surface area contributed by atoms with Crippen molar-refractivity contribution in [1.82, 2.24) is 19.4 Å². The van der Waals surface area contributed by atoms with Crippen LogP contribution in [0, 0.1) is 0 Å². The van der Waals surface area contributed by atoms with E-state index >= 15 is 0 Å². The molecule has 0 N–H and O–H groups in total. The molecule has 0 aliphatic carbocycles. The molecule has 4 rings (SSSR count). The Morgan fingerprint density at radius 1 is 1.11 bits per heavy atom. The van der Waals surface area contributed by atoms with E-state index in [1.807, 2.05) is 60.1 Å². The van der Waals surface area contributed by atoms with Crippen molar-refractivity contribution in [3.05, 3.63) is 65.5 Å². The second kappa shape index (κ2) is 7.11. The Hall–Kier alpha value is -3.15. The van der Waals surface area contributed by atoms with E-state index in [0.717, 1.165) is 28.0 Å². The van der Waals surface area contributed by atoms with E-state index in [9.17, 15) is 9.59 Å². The Kier molecular flexibility index (Phi) is 4.63. The van der Waals surface area contributed by atoms with Crippen molar-refractivity contribution >= 4 is 22.8 Å². The standard InChI is InChI=1S/C22H24N4O2/c1-15(27)26-13-17-9-5-4-8-16(17)12-20(26)22(28)24(2)14-21-23-18-10-6-7-11-19(18)25(21)3/h4-11,20H,12-14H2,1-3H3.